The number of methoxy groups -OCH3 is 1. The molecule has 1 N–H and O–H groups in total. The number of amides is 1. The molecule has 0 fully saturated rings. The second-order valence-corrected chi connectivity index (χ2v) is 6.36. The molecule has 26 heavy (non-hydrogen) atoms. The Hall–Kier alpha value is -2.88. The Morgan fingerprint density at radius 3 is 2.46 bits per heavy atom. The predicted octanol–water partition coefficient (Wildman–Crippen LogP) is 4.45. The highest BCUT2D eigenvalue weighted by Gasteiger charge is 2.15. The van der Waals surface area contributed by atoms with Gasteiger partial charge in [0.25, 0.3) is 0 Å². The minimum atomic E-state index is -0.250. The van der Waals surface area contributed by atoms with Crippen molar-refractivity contribution in [3.05, 3.63) is 77.6 Å². The van der Waals surface area contributed by atoms with Crippen molar-refractivity contribution in [3.63, 3.8) is 0 Å². The fourth-order valence-corrected chi connectivity index (χ4v) is 2.92. The second-order valence-electron chi connectivity index (χ2n) is 6.36. The van der Waals surface area contributed by atoms with Gasteiger partial charge in [-0.25, -0.2) is 4.39 Å². The molecule has 0 saturated heterocycles. The SMILES string of the molecule is COc1ccc2cc([C@H](C)C(=O)NCCc3ccc(F)cc3)ccc2c1. The van der Waals surface area contributed by atoms with Crippen LogP contribution in [0.25, 0.3) is 10.8 Å². The van der Waals surface area contributed by atoms with Crippen LogP contribution >= 0.6 is 0 Å². The first-order valence-corrected chi connectivity index (χ1v) is 8.66. The van der Waals surface area contributed by atoms with Crippen LogP contribution < -0.4 is 10.1 Å². The molecule has 0 bridgehead atoms. The van der Waals surface area contributed by atoms with E-state index in [0.717, 1.165) is 27.6 Å². The van der Waals surface area contributed by atoms with Crippen molar-refractivity contribution in [1.29, 1.82) is 0 Å². The smallest absolute Gasteiger partial charge is 0.227 e. The van der Waals surface area contributed by atoms with Crippen molar-refractivity contribution in [2.45, 2.75) is 19.3 Å². The Balaban J connectivity index is 1.62. The lowest BCUT2D eigenvalue weighted by Crippen LogP contribution is -2.29. The fraction of sp³-hybridized carbons (Fsp3) is 0.227. The summed E-state index contributed by atoms with van der Waals surface area (Å²) >= 11 is 0. The molecule has 3 rings (SSSR count). The largest absolute Gasteiger partial charge is 0.497 e. The molecule has 0 saturated carbocycles. The molecule has 0 aliphatic carbocycles. The van der Waals surface area contributed by atoms with Crippen molar-refractivity contribution in [1.82, 2.24) is 5.32 Å². The van der Waals surface area contributed by atoms with Crippen LogP contribution in [0, 0.1) is 5.82 Å². The molecule has 1 amide bonds. The van der Waals surface area contributed by atoms with E-state index in [2.05, 4.69) is 5.32 Å². The average molecular weight is 351 g/mol. The fourth-order valence-electron chi connectivity index (χ4n) is 2.92. The maximum atomic E-state index is 12.9. The summed E-state index contributed by atoms with van der Waals surface area (Å²) in [7, 11) is 1.65. The van der Waals surface area contributed by atoms with Gasteiger partial charge in [-0.3, -0.25) is 4.79 Å². The van der Waals surface area contributed by atoms with E-state index in [-0.39, 0.29) is 17.6 Å². The lowest BCUT2D eigenvalue weighted by Gasteiger charge is -2.14. The summed E-state index contributed by atoms with van der Waals surface area (Å²) in [6.07, 6.45) is 0.677. The molecule has 0 aromatic heterocycles. The number of hydrogen-bond acceptors (Lipinski definition) is 2. The lowest BCUT2D eigenvalue weighted by atomic mass is 9.97. The number of rotatable bonds is 6. The van der Waals surface area contributed by atoms with Crippen LogP contribution in [0.4, 0.5) is 4.39 Å². The normalized spacial score (nSPS) is 12.0. The molecule has 0 heterocycles. The van der Waals surface area contributed by atoms with Crippen molar-refractivity contribution in [2.24, 2.45) is 0 Å². The van der Waals surface area contributed by atoms with E-state index in [0.29, 0.717) is 13.0 Å². The summed E-state index contributed by atoms with van der Waals surface area (Å²) in [6, 6.07) is 18.3. The summed E-state index contributed by atoms with van der Waals surface area (Å²) in [6.45, 7) is 2.43. The molecule has 0 aliphatic heterocycles. The highest BCUT2D eigenvalue weighted by Crippen LogP contribution is 2.25. The van der Waals surface area contributed by atoms with Gasteiger partial charge in [0.2, 0.25) is 5.91 Å². The van der Waals surface area contributed by atoms with Gasteiger partial charge in [0.15, 0.2) is 0 Å². The summed E-state index contributed by atoms with van der Waals surface area (Å²) < 4.78 is 18.1. The van der Waals surface area contributed by atoms with E-state index in [1.54, 1.807) is 19.2 Å². The first-order valence-electron chi connectivity index (χ1n) is 8.66. The molecule has 0 radical (unpaired) electrons. The summed E-state index contributed by atoms with van der Waals surface area (Å²) in [5.41, 5.74) is 1.97. The van der Waals surface area contributed by atoms with Crippen LogP contribution in [-0.4, -0.2) is 19.6 Å². The third-order valence-corrected chi connectivity index (χ3v) is 4.59. The van der Waals surface area contributed by atoms with Crippen LogP contribution in [0.1, 0.15) is 24.0 Å². The van der Waals surface area contributed by atoms with Crippen molar-refractivity contribution in [2.75, 3.05) is 13.7 Å². The number of fused-ring (bicyclic) bond motifs is 1. The molecule has 4 heteroatoms. The van der Waals surface area contributed by atoms with Crippen molar-refractivity contribution in [3.8, 4) is 5.75 Å². The quantitative estimate of drug-likeness (QED) is 0.712. The second kappa shape index (κ2) is 8.00. The Bertz CT molecular complexity index is 906. The first kappa shape index (κ1) is 17.9. The summed E-state index contributed by atoms with van der Waals surface area (Å²) in [4.78, 5) is 12.4. The van der Waals surface area contributed by atoms with Crippen LogP contribution in [-0.2, 0) is 11.2 Å². The van der Waals surface area contributed by atoms with Gasteiger partial charge in [-0.05, 0) is 59.5 Å². The molecule has 3 aromatic carbocycles. The van der Waals surface area contributed by atoms with Crippen LogP contribution in [0.15, 0.2) is 60.7 Å². The monoisotopic (exact) mass is 351 g/mol. The predicted molar refractivity (Wildman–Crippen MR) is 102 cm³/mol. The molecular formula is C22H22FNO2. The van der Waals surface area contributed by atoms with Gasteiger partial charge in [0, 0.05) is 6.54 Å². The maximum Gasteiger partial charge on any atom is 0.227 e. The van der Waals surface area contributed by atoms with Crippen LogP contribution in [0.3, 0.4) is 0 Å². The van der Waals surface area contributed by atoms with Crippen LogP contribution in [0.2, 0.25) is 0 Å². The molecule has 0 aliphatic rings. The molecule has 0 unspecified atom stereocenters. The van der Waals surface area contributed by atoms with Gasteiger partial charge in [0.05, 0.1) is 13.0 Å². The zero-order valence-electron chi connectivity index (χ0n) is 15.0. The Morgan fingerprint density at radius 2 is 1.73 bits per heavy atom. The van der Waals surface area contributed by atoms with Gasteiger partial charge in [-0.15, -0.1) is 0 Å². The minimum absolute atomic E-state index is 0.0139. The van der Waals surface area contributed by atoms with Gasteiger partial charge >= 0.3 is 0 Å². The number of nitrogens with one attached hydrogen (secondary N) is 1. The van der Waals surface area contributed by atoms with E-state index in [9.17, 15) is 9.18 Å². The zero-order chi connectivity index (χ0) is 18.5. The Labute approximate surface area is 152 Å². The van der Waals surface area contributed by atoms with E-state index < -0.39 is 0 Å². The van der Waals surface area contributed by atoms with Gasteiger partial charge < -0.3 is 10.1 Å². The maximum absolute atomic E-state index is 12.9. The van der Waals surface area contributed by atoms with Crippen molar-refractivity contribution < 1.29 is 13.9 Å². The zero-order valence-corrected chi connectivity index (χ0v) is 15.0. The number of benzene rings is 3. The highest BCUT2D eigenvalue weighted by molar-refractivity contribution is 5.88. The molecule has 0 spiro atoms. The number of carbonyl (C=O) groups is 1. The van der Waals surface area contributed by atoms with E-state index in [4.69, 9.17) is 4.74 Å². The van der Waals surface area contributed by atoms with Crippen LogP contribution in [0.5, 0.6) is 5.75 Å². The summed E-state index contributed by atoms with van der Waals surface area (Å²) in [5.74, 6) is 0.312. The topological polar surface area (TPSA) is 38.3 Å². The van der Waals surface area contributed by atoms with E-state index in [1.165, 1.54) is 12.1 Å². The molecule has 134 valence electrons. The number of carbonyl (C=O) groups excluding carboxylic acids is 1. The lowest BCUT2D eigenvalue weighted by molar-refractivity contribution is -0.122. The Kier molecular flexibility index (Phi) is 5.52. The first-order chi connectivity index (χ1) is 12.6. The van der Waals surface area contributed by atoms with E-state index in [1.807, 2.05) is 43.3 Å². The third kappa shape index (κ3) is 4.20. The third-order valence-electron chi connectivity index (χ3n) is 4.59. The Morgan fingerprint density at radius 1 is 1.04 bits per heavy atom. The van der Waals surface area contributed by atoms with E-state index >= 15 is 0 Å². The summed E-state index contributed by atoms with van der Waals surface area (Å²) in [5, 5.41) is 5.12. The van der Waals surface area contributed by atoms with Gasteiger partial charge in [-0.1, -0.05) is 36.4 Å². The standard InChI is InChI=1S/C22H22FNO2/c1-15(22(25)24-12-11-16-3-8-20(23)9-4-16)17-5-6-19-14-21(26-2)10-7-18(19)13-17/h3-10,13-15H,11-12H2,1-2H3,(H,24,25)/t15-/m0/s1. The molecular weight excluding hydrogens is 329 g/mol. The number of ether oxygens (including phenoxy) is 1. The van der Waals surface area contributed by atoms with Gasteiger partial charge in [-0.2, -0.15) is 0 Å². The number of hydrogen-bond donors (Lipinski definition) is 1. The van der Waals surface area contributed by atoms with Crippen molar-refractivity contribution >= 4 is 16.7 Å². The number of halogens is 1. The average Bonchev–Trinajstić information content (AvgIpc) is 2.68. The minimum Gasteiger partial charge on any atom is -0.497 e. The molecule has 3 aromatic rings. The molecule has 3 nitrogen and oxygen atoms in total. The highest BCUT2D eigenvalue weighted by atomic mass is 19.1. The molecule has 1 atom stereocenters. The van der Waals surface area contributed by atoms with Gasteiger partial charge in [0.1, 0.15) is 11.6 Å².